The van der Waals surface area contributed by atoms with Gasteiger partial charge in [0.25, 0.3) is 0 Å². The number of rotatable bonds is 2. The zero-order chi connectivity index (χ0) is 6.69. The number of aromatic nitrogens is 1. The normalized spacial score (nSPS) is 9.11. The van der Waals surface area contributed by atoms with Crippen LogP contribution < -0.4 is 9.47 Å². The molecule has 0 aromatic carbocycles. The van der Waals surface area contributed by atoms with Crippen LogP contribution >= 0.6 is 0 Å². The first-order chi connectivity index (χ1) is 4.38. The van der Waals surface area contributed by atoms with E-state index in [-0.39, 0.29) is 0 Å². The van der Waals surface area contributed by atoms with Gasteiger partial charge in [0.2, 0.25) is 0 Å². The summed E-state index contributed by atoms with van der Waals surface area (Å²) in [5.41, 5.74) is 0. The molecule has 1 N–H and O–H groups in total. The maximum atomic E-state index is 4.89. The Labute approximate surface area is 53.6 Å². The van der Waals surface area contributed by atoms with Crippen molar-refractivity contribution in [3.8, 4) is 11.5 Å². The van der Waals surface area contributed by atoms with E-state index in [9.17, 15) is 0 Å². The Morgan fingerprint density at radius 3 is 2.67 bits per heavy atom. The van der Waals surface area contributed by atoms with Crippen LogP contribution in [-0.2, 0) is 0 Å². The molecule has 1 aromatic heterocycles. The zero-order valence-corrected chi connectivity index (χ0v) is 5.39. The standard InChI is InChI=1S/C6H8NO2/c1-8-5-3-7-4-6(5)9-2/h3,7H,1-2H3. The molecule has 0 fully saturated rings. The third kappa shape index (κ3) is 0.988. The first-order valence-electron chi connectivity index (χ1n) is 2.55. The second-order valence-electron chi connectivity index (χ2n) is 1.52. The van der Waals surface area contributed by atoms with Crippen LogP contribution in [-0.4, -0.2) is 19.2 Å². The van der Waals surface area contributed by atoms with Crippen molar-refractivity contribution in [1.82, 2.24) is 4.98 Å². The lowest BCUT2D eigenvalue weighted by Crippen LogP contribution is -1.84. The SMILES string of the molecule is COc1[c][nH]cc1OC. The molecule has 3 heteroatoms. The Bertz CT molecular complexity index is 164. The van der Waals surface area contributed by atoms with Crippen LogP contribution in [0, 0.1) is 6.20 Å². The molecule has 0 aliphatic heterocycles. The molecule has 49 valence electrons. The summed E-state index contributed by atoms with van der Waals surface area (Å²) in [6.45, 7) is 0. The molecular formula is C6H8NO2. The molecule has 1 aromatic rings. The van der Waals surface area contributed by atoms with Crippen LogP contribution in [0.5, 0.6) is 11.5 Å². The third-order valence-electron chi connectivity index (χ3n) is 1.04. The number of H-pyrrole nitrogens is 1. The highest BCUT2D eigenvalue weighted by molar-refractivity contribution is 5.35. The summed E-state index contributed by atoms with van der Waals surface area (Å²) >= 11 is 0. The fraction of sp³-hybridized carbons (Fsp3) is 0.333. The Balaban J connectivity index is 2.85. The highest BCUT2D eigenvalue weighted by Gasteiger charge is 2.00. The van der Waals surface area contributed by atoms with E-state index in [0.717, 1.165) is 0 Å². The summed E-state index contributed by atoms with van der Waals surface area (Å²) < 4.78 is 9.75. The Kier molecular flexibility index (Phi) is 1.63. The summed E-state index contributed by atoms with van der Waals surface area (Å²) in [6, 6.07) is 0. The van der Waals surface area contributed by atoms with Crippen molar-refractivity contribution < 1.29 is 9.47 Å². The average Bonchev–Trinajstić information content (AvgIpc) is 2.33. The largest absolute Gasteiger partial charge is 0.491 e. The van der Waals surface area contributed by atoms with E-state index in [1.807, 2.05) is 0 Å². The van der Waals surface area contributed by atoms with Gasteiger partial charge < -0.3 is 14.5 Å². The number of nitrogens with one attached hydrogen (secondary N) is 1. The van der Waals surface area contributed by atoms with Crippen LogP contribution in [0.4, 0.5) is 0 Å². The lowest BCUT2D eigenvalue weighted by atomic mass is 10.5. The Morgan fingerprint density at radius 2 is 2.22 bits per heavy atom. The highest BCUT2D eigenvalue weighted by atomic mass is 16.5. The minimum atomic E-state index is 0.609. The molecule has 0 unspecified atom stereocenters. The molecule has 0 amide bonds. The topological polar surface area (TPSA) is 34.2 Å². The van der Waals surface area contributed by atoms with Crippen LogP contribution in [0.15, 0.2) is 6.20 Å². The van der Waals surface area contributed by atoms with Crippen molar-refractivity contribution in [2.75, 3.05) is 14.2 Å². The van der Waals surface area contributed by atoms with Gasteiger partial charge in [-0.25, -0.2) is 0 Å². The third-order valence-corrected chi connectivity index (χ3v) is 1.04. The van der Waals surface area contributed by atoms with Crippen molar-refractivity contribution in [2.45, 2.75) is 0 Å². The highest BCUT2D eigenvalue weighted by Crippen LogP contribution is 2.23. The zero-order valence-electron chi connectivity index (χ0n) is 5.39. The minimum Gasteiger partial charge on any atom is -0.491 e. The second-order valence-corrected chi connectivity index (χ2v) is 1.52. The molecule has 0 bridgehead atoms. The van der Waals surface area contributed by atoms with Crippen molar-refractivity contribution in [3.05, 3.63) is 12.4 Å². The van der Waals surface area contributed by atoms with Gasteiger partial charge in [0.05, 0.1) is 14.2 Å². The van der Waals surface area contributed by atoms with E-state index in [2.05, 4.69) is 11.2 Å². The van der Waals surface area contributed by atoms with Gasteiger partial charge in [-0.05, 0) is 0 Å². The quantitative estimate of drug-likeness (QED) is 0.636. The van der Waals surface area contributed by atoms with Crippen LogP contribution in [0.2, 0.25) is 0 Å². The maximum absolute atomic E-state index is 4.89. The van der Waals surface area contributed by atoms with Crippen molar-refractivity contribution in [3.63, 3.8) is 0 Å². The van der Waals surface area contributed by atoms with Gasteiger partial charge in [-0.2, -0.15) is 0 Å². The van der Waals surface area contributed by atoms with Gasteiger partial charge in [0.15, 0.2) is 11.5 Å². The predicted molar refractivity (Wildman–Crippen MR) is 32.7 cm³/mol. The molecule has 0 atom stereocenters. The monoisotopic (exact) mass is 126 g/mol. The fourth-order valence-corrected chi connectivity index (χ4v) is 0.598. The molecule has 0 aliphatic rings. The van der Waals surface area contributed by atoms with E-state index in [1.165, 1.54) is 0 Å². The van der Waals surface area contributed by atoms with Crippen LogP contribution in [0.25, 0.3) is 0 Å². The van der Waals surface area contributed by atoms with E-state index >= 15 is 0 Å². The molecule has 0 aliphatic carbocycles. The fourth-order valence-electron chi connectivity index (χ4n) is 0.598. The first-order valence-corrected chi connectivity index (χ1v) is 2.55. The summed E-state index contributed by atoms with van der Waals surface area (Å²) in [5, 5.41) is 0. The number of aromatic amines is 1. The summed E-state index contributed by atoms with van der Waals surface area (Å²) in [4.78, 5) is 2.73. The van der Waals surface area contributed by atoms with Crippen molar-refractivity contribution >= 4 is 0 Å². The van der Waals surface area contributed by atoms with Gasteiger partial charge in [-0.1, -0.05) is 0 Å². The molecule has 0 saturated carbocycles. The summed E-state index contributed by atoms with van der Waals surface area (Å²) in [5.74, 6) is 1.29. The second kappa shape index (κ2) is 2.44. The molecule has 1 heterocycles. The number of methoxy groups -OCH3 is 2. The van der Waals surface area contributed by atoms with Gasteiger partial charge in [0, 0.05) is 6.20 Å². The average molecular weight is 126 g/mol. The lowest BCUT2D eigenvalue weighted by molar-refractivity contribution is 0.357. The number of hydrogen-bond acceptors (Lipinski definition) is 2. The molecular weight excluding hydrogens is 118 g/mol. The van der Waals surface area contributed by atoms with Gasteiger partial charge in [-0.15, -0.1) is 0 Å². The summed E-state index contributed by atoms with van der Waals surface area (Å²) in [7, 11) is 3.15. The molecule has 0 spiro atoms. The minimum absolute atomic E-state index is 0.609. The van der Waals surface area contributed by atoms with E-state index in [0.29, 0.717) is 11.5 Å². The first kappa shape index (κ1) is 6.01. The van der Waals surface area contributed by atoms with E-state index in [1.54, 1.807) is 20.4 Å². The molecule has 0 saturated heterocycles. The summed E-state index contributed by atoms with van der Waals surface area (Å²) in [6.07, 6.45) is 4.41. The molecule has 1 rings (SSSR count). The van der Waals surface area contributed by atoms with Crippen molar-refractivity contribution in [2.24, 2.45) is 0 Å². The van der Waals surface area contributed by atoms with Crippen LogP contribution in [0.1, 0.15) is 0 Å². The smallest absolute Gasteiger partial charge is 0.188 e. The maximum Gasteiger partial charge on any atom is 0.188 e. The molecule has 3 nitrogen and oxygen atoms in total. The number of ether oxygens (including phenoxy) is 2. The van der Waals surface area contributed by atoms with Gasteiger partial charge >= 0.3 is 0 Å². The Morgan fingerprint density at radius 1 is 1.44 bits per heavy atom. The van der Waals surface area contributed by atoms with Gasteiger partial charge in [-0.3, -0.25) is 0 Å². The van der Waals surface area contributed by atoms with Gasteiger partial charge in [0.1, 0.15) is 6.20 Å². The number of hydrogen-bond donors (Lipinski definition) is 1. The van der Waals surface area contributed by atoms with Crippen molar-refractivity contribution in [1.29, 1.82) is 0 Å². The lowest BCUT2D eigenvalue weighted by Gasteiger charge is -1.97. The Hall–Kier alpha value is -1.12. The predicted octanol–water partition coefficient (Wildman–Crippen LogP) is 0.832. The van der Waals surface area contributed by atoms with Crippen LogP contribution in [0.3, 0.4) is 0 Å². The van der Waals surface area contributed by atoms with E-state index < -0.39 is 0 Å². The molecule has 1 radical (unpaired) electrons. The van der Waals surface area contributed by atoms with E-state index in [4.69, 9.17) is 9.47 Å². The molecule has 9 heavy (non-hydrogen) atoms.